The number of hydrogen-bond acceptors (Lipinski definition) is 3. The van der Waals surface area contributed by atoms with Gasteiger partial charge in [0.1, 0.15) is 6.61 Å². The first-order chi connectivity index (χ1) is 8.35. The second-order valence-corrected chi connectivity index (χ2v) is 3.72. The van der Waals surface area contributed by atoms with Crippen molar-refractivity contribution in [3.05, 3.63) is 48.2 Å². The second-order valence-electron chi connectivity index (χ2n) is 3.72. The summed E-state index contributed by atoms with van der Waals surface area (Å²) in [5, 5.41) is 2.13. The van der Waals surface area contributed by atoms with Gasteiger partial charge in [0.05, 0.1) is 5.69 Å². The summed E-state index contributed by atoms with van der Waals surface area (Å²) in [6, 6.07) is 10.0. The molecule has 0 aliphatic carbocycles. The first-order valence-corrected chi connectivity index (χ1v) is 5.68. The molecule has 0 unspecified atom stereocenters. The zero-order valence-electron chi connectivity index (χ0n) is 9.89. The highest BCUT2D eigenvalue weighted by atomic mass is 16.5. The van der Waals surface area contributed by atoms with Gasteiger partial charge in [-0.2, -0.15) is 0 Å². The molecule has 3 heteroatoms. The Labute approximate surface area is 101 Å². The Balaban J connectivity index is 2.43. The van der Waals surface area contributed by atoms with E-state index in [1.54, 1.807) is 0 Å². The molecule has 0 bridgehead atoms. The first-order valence-electron chi connectivity index (χ1n) is 5.68. The SMILES string of the molecule is CC=CCOc1nc(CN)cc2ccccc12. The van der Waals surface area contributed by atoms with Crippen molar-refractivity contribution in [1.29, 1.82) is 0 Å². The molecule has 88 valence electrons. The Morgan fingerprint density at radius 1 is 1.35 bits per heavy atom. The molecule has 2 rings (SSSR count). The largest absolute Gasteiger partial charge is 0.473 e. The summed E-state index contributed by atoms with van der Waals surface area (Å²) in [7, 11) is 0. The lowest BCUT2D eigenvalue weighted by molar-refractivity contribution is 0.352. The van der Waals surface area contributed by atoms with Crippen LogP contribution >= 0.6 is 0 Å². The topological polar surface area (TPSA) is 48.1 Å². The molecule has 0 saturated carbocycles. The number of ether oxygens (including phenoxy) is 1. The van der Waals surface area contributed by atoms with E-state index in [4.69, 9.17) is 10.5 Å². The van der Waals surface area contributed by atoms with Crippen LogP contribution in [0.5, 0.6) is 5.88 Å². The average Bonchev–Trinajstić information content (AvgIpc) is 2.38. The summed E-state index contributed by atoms with van der Waals surface area (Å²) in [5.41, 5.74) is 6.48. The number of rotatable bonds is 4. The molecule has 0 atom stereocenters. The number of pyridine rings is 1. The van der Waals surface area contributed by atoms with Gasteiger partial charge in [0.2, 0.25) is 5.88 Å². The molecule has 0 aliphatic heterocycles. The van der Waals surface area contributed by atoms with Gasteiger partial charge in [0.15, 0.2) is 0 Å². The van der Waals surface area contributed by atoms with Crippen LogP contribution in [0.3, 0.4) is 0 Å². The Morgan fingerprint density at radius 2 is 2.18 bits per heavy atom. The van der Waals surface area contributed by atoms with Crippen LogP contribution in [0.1, 0.15) is 12.6 Å². The van der Waals surface area contributed by atoms with Crippen molar-refractivity contribution in [1.82, 2.24) is 4.98 Å². The Hall–Kier alpha value is -1.87. The van der Waals surface area contributed by atoms with Crippen molar-refractivity contribution in [2.45, 2.75) is 13.5 Å². The molecule has 17 heavy (non-hydrogen) atoms. The van der Waals surface area contributed by atoms with E-state index < -0.39 is 0 Å². The second kappa shape index (κ2) is 5.46. The number of aromatic nitrogens is 1. The number of allylic oxidation sites excluding steroid dienone is 1. The van der Waals surface area contributed by atoms with E-state index in [1.807, 2.05) is 49.4 Å². The summed E-state index contributed by atoms with van der Waals surface area (Å²) in [4.78, 5) is 4.41. The normalized spacial score (nSPS) is 11.2. The monoisotopic (exact) mass is 228 g/mol. The maximum Gasteiger partial charge on any atom is 0.221 e. The van der Waals surface area contributed by atoms with E-state index >= 15 is 0 Å². The van der Waals surface area contributed by atoms with Crippen molar-refractivity contribution >= 4 is 10.8 Å². The fraction of sp³-hybridized carbons (Fsp3) is 0.214. The van der Waals surface area contributed by atoms with Crippen LogP contribution in [-0.2, 0) is 6.54 Å². The fourth-order valence-corrected chi connectivity index (χ4v) is 1.66. The van der Waals surface area contributed by atoms with E-state index in [0.29, 0.717) is 19.0 Å². The minimum atomic E-state index is 0.421. The molecule has 1 aromatic carbocycles. The number of benzene rings is 1. The van der Waals surface area contributed by atoms with Gasteiger partial charge >= 0.3 is 0 Å². The molecule has 2 N–H and O–H groups in total. The van der Waals surface area contributed by atoms with E-state index in [-0.39, 0.29) is 0 Å². The van der Waals surface area contributed by atoms with Gasteiger partial charge in [0.25, 0.3) is 0 Å². The summed E-state index contributed by atoms with van der Waals surface area (Å²) in [5.74, 6) is 0.654. The summed E-state index contributed by atoms with van der Waals surface area (Å²) >= 11 is 0. The van der Waals surface area contributed by atoms with Crippen molar-refractivity contribution < 1.29 is 4.74 Å². The van der Waals surface area contributed by atoms with Gasteiger partial charge in [-0.25, -0.2) is 4.98 Å². The number of hydrogen-bond donors (Lipinski definition) is 1. The summed E-state index contributed by atoms with van der Waals surface area (Å²) in [6.07, 6.45) is 3.90. The highest BCUT2D eigenvalue weighted by Gasteiger charge is 2.05. The van der Waals surface area contributed by atoms with Gasteiger partial charge in [-0.3, -0.25) is 0 Å². The van der Waals surface area contributed by atoms with E-state index in [2.05, 4.69) is 4.98 Å². The smallest absolute Gasteiger partial charge is 0.221 e. The van der Waals surface area contributed by atoms with Crippen molar-refractivity contribution in [2.75, 3.05) is 6.61 Å². The standard InChI is InChI=1S/C14H16N2O/c1-2-3-8-17-14-13-7-5-4-6-11(13)9-12(10-15)16-14/h2-7,9H,8,10,15H2,1H3. The van der Waals surface area contributed by atoms with E-state index in [0.717, 1.165) is 16.5 Å². The van der Waals surface area contributed by atoms with E-state index in [1.165, 1.54) is 0 Å². The van der Waals surface area contributed by atoms with Crippen LogP contribution in [0, 0.1) is 0 Å². The lowest BCUT2D eigenvalue weighted by Gasteiger charge is -2.08. The third-order valence-electron chi connectivity index (χ3n) is 2.52. The number of nitrogens with zero attached hydrogens (tertiary/aromatic N) is 1. The minimum absolute atomic E-state index is 0.421. The molecule has 1 aromatic heterocycles. The highest BCUT2D eigenvalue weighted by molar-refractivity contribution is 5.87. The maximum atomic E-state index is 5.65. The zero-order chi connectivity index (χ0) is 12.1. The molecule has 0 spiro atoms. The third-order valence-corrected chi connectivity index (χ3v) is 2.52. The van der Waals surface area contributed by atoms with Crippen LogP contribution in [-0.4, -0.2) is 11.6 Å². The average molecular weight is 228 g/mol. The van der Waals surface area contributed by atoms with Crippen molar-refractivity contribution in [2.24, 2.45) is 5.73 Å². The molecule has 0 fully saturated rings. The molecule has 3 nitrogen and oxygen atoms in total. The number of fused-ring (bicyclic) bond motifs is 1. The predicted octanol–water partition coefficient (Wildman–Crippen LogP) is 2.65. The van der Waals surface area contributed by atoms with Crippen LogP contribution in [0.25, 0.3) is 10.8 Å². The fourth-order valence-electron chi connectivity index (χ4n) is 1.66. The molecule has 0 saturated heterocycles. The summed E-state index contributed by atoms with van der Waals surface area (Å²) in [6.45, 7) is 2.91. The lowest BCUT2D eigenvalue weighted by Crippen LogP contribution is -2.03. The van der Waals surface area contributed by atoms with Gasteiger partial charge in [-0.05, 0) is 24.4 Å². The minimum Gasteiger partial charge on any atom is -0.473 e. The highest BCUT2D eigenvalue weighted by Crippen LogP contribution is 2.24. The van der Waals surface area contributed by atoms with Gasteiger partial charge < -0.3 is 10.5 Å². The van der Waals surface area contributed by atoms with Gasteiger partial charge in [0, 0.05) is 11.9 Å². The third kappa shape index (κ3) is 2.63. The van der Waals surface area contributed by atoms with Crippen molar-refractivity contribution in [3.8, 4) is 5.88 Å². The first kappa shape index (κ1) is 11.6. The van der Waals surface area contributed by atoms with Crippen LogP contribution in [0.2, 0.25) is 0 Å². The molecule has 2 aromatic rings. The van der Waals surface area contributed by atoms with Gasteiger partial charge in [-0.15, -0.1) is 0 Å². The molecular weight excluding hydrogens is 212 g/mol. The molecule has 0 radical (unpaired) electrons. The lowest BCUT2D eigenvalue weighted by atomic mass is 10.1. The van der Waals surface area contributed by atoms with Crippen LogP contribution in [0.4, 0.5) is 0 Å². The Bertz CT molecular complexity index is 535. The van der Waals surface area contributed by atoms with E-state index in [9.17, 15) is 0 Å². The number of nitrogens with two attached hydrogens (primary N) is 1. The predicted molar refractivity (Wildman–Crippen MR) is 69.9 cm³/mol. The molecule has 0 amide bonds. The van der Waals surface area contributed by atoms with Crippen LogP contribution in [0.15, 0.2) is 42.5 Å². The Kier molecular flexibility index (Phi) is 3.73. The molecule has 0 aliphatic rings. The maximum absolute atomic E-state index is 5.65. The zero-order valence-corrected chi connectivity index (χ0v) is 9.89. The molecular formula is C14H16N2O. The quantitative estimate of drug-likeness (QED) is 0.818. The van der Waals surface area contributed by atoms with Crippen LogP contribution < -0.4 is 10.5 Å². The summed E-state index contributed by atoms with van der Waals surface area (Å²) < 4.78 is 5.65. The van der Waals surface area contributed by atoms with Crippen molar-refractivity contribution in [3.63, 3.8) is 0 Å². The van der Waals surface area contributed by atoms with Gasteiger partial charge in [-0.1, -0.05) is 30.4 Å². The molecule has 1 heterocycles. The Morgan fingerprint density at radius 3 is 2.94 bits per heavy atom.